The van der Waals surface area contributed by atoms with Crippen LogP contribution < -0.4 is 0 Å². The molecule has 0 saturated heterocycles. The number of carbonyl (C=O) groups is 1. The molecular formula is C13H16O2. The van der Waals surface area contributed by atoms with E-state index in [1.54, 1.807) is 0 Å². The van der Waals surface area contributed by atoms with Crippen molar-refractivity contribution in [2.75, 3.05) is 0 Å². The van der Waals surface area contributed by atoms with Gasteiger partial charge in [-0.05, 0) is 30.9 Å². The van der Waals surface area contributed by atoms with Crippen molar-refractivity contribution in [2.24, 2.45) is 5.92 Å². The molecule has 0 heterocycles. The van der Waals surface area contributed by atoms with Crippen molar-refractivity contribution >= 4 is 5.97 Å². The first-order valence-corrected chi connectivity index (χ1v) is 5.05. The van der Waals surface area contributed by atoms with E-state index in [0.29, 0.717) is 6.42 Å². The average Bonchev–Trinajstić information content (AvgIpc) is 2.21. The molecule has 0 saturated carbocycles. The second-order valence-corrected chi connectivity index (χ2v) is 3.65. The van der Waals surface area contributed by atoms with Gasteiger partial charge in [0, 0.05) is 0 Å². The fourth-order valence-corrected chi connectivity index (χ4v) is 1.54. The predicted octanol–water partition coefficient (Wildman–Crippen LogP) is 2.81. The monoisotopic (exact) mass is 204 g/mol. The number of aliphatic carboxylic acids is 1. The zero-order valence-electron chi connectivity index (χ0n) is 8.94. The molecule has 15 heavy (non-hydrogen) atoms. The Bertz CT molecular complexity index is 355. The quantitative estimate of drug-likeness (QED) is 0.749. The smallest absolute Gasteiger partial charge is 0.310 e. The van der Waals surface area contributed by atoms with Crippen LogP contribution in [0.1, 0.15) is 17.5 Å². The highest BCUT2D eigenvalue weighted by atomic mass is 16.4. The van der Waals surface area contributed by atoms with Crippen LogP contribution in [0.3, 0.4) is 0 Å². The van der Waals surface area contributed by atoms with Crippen molar-refractivity contribution in [2.45, 2.75) is 19.8 Å². The molecular weight excluding hydrogens is 188 g/mol. The van der Waals surface area contributed by atoms with Gasteiger partial charge in [-0.3, -0.25) is 4.79 Å². The highest BCUT2D eigenvalue weighted by Gasteiger charge is 2.12. The van der Waals surface area contributed by atoms with Gasteiger partial charge in [-0.1, -0.05) is 30.3 Å². The minimum Gasteiger partial charge on any atom is -0.481 e. The maximum absolute atomic E-state index is 10.8. The Morgan fingerprint density at radius 2 is 2.20 bits per heavy atom. The van der Waals surface area contributed by atoms with E-state index in [-0.39, 0.29) is 0 Å². The van der Waals surface area contributed by atoms with Gasteiger partial charge in [-0.2, -0.15) is 0 Å². The summed E-state index contributed by atoms with van der Waals surface area (Å²) >= 11 is 0. The summed E-state index contributed by atoms with van der Waals surface area (Å²) in [7, 11) is 0. The summed E-state index contributed by atoms with van der Waals surface area (Å²) in [6.45, 7) is 5.58. The molecule has 0 fully saturated rings. The minimum atomic E-state index is -0.793. The number of hydrogen-bond donors (Lipinski definition) is 1. The molecule has 1 unspecified atom stereocenters. The van der Waals surface area contributed by atoms with Crippen molar-refractivity contribution in [1.29, 1.82) is 0 Å². The van der Waals surface area contributed by atoms with Gasteiger partial charge >= 0.3 is 5.97 Å². The van der Waals surface area contributed by atoms with E-state index in [0.717, 1.165) is 6.42 Å². The summed E-state index contributed by atoms with van der Waals surface area (Å²) in [4.78, 5) is 10.8. The normalized spacial score (nSPS) is 12.1. The predicted molar refractivity (Wildman–Crippen MR) is 60.8 cm³/mol. The van der Waals surface area contributed by atoms with E-state index in [4.69, 9.17) is 5.11 Å². The standard InChI is InChI=1S/C13H16O2/c1-3-11(13(14)15)8-9-12-7-5-4-6-10(12)2/h3-7,11H,1,8-9H2,2H3,(H,14,15). The number of carboxylic acid groups (broad SMARTS) is 1. The Balaban J connectivity index is 2.60. The SMILES string of the molecule is C=CC(CCc1ccccc1C)C(=O)O. The van der Waals surface area contributed by atoms with Crippen molar-refractivity contribution < 1.29 is 9.90 Å². The lowest BCUT2D eigenvalue weighted by Crippen LogP contribution is -2.11. The van der Waals surface area contributed by atoms with Gasteiger partial charge in [-0.25, -0.2) is 0 Å². The van der Waals surface area contributed by atoms with E-state index < -0.39 is 11.9 Å². The van der Waals surface area contributed by atoms with Gasteiger partial charge in [-0.15, -0.1) is 6.58 Å². The van der Waals surface area contributed by atoms with E-state index in [1.807, 2.05) is 31.2 Å². The lowest BCUT2D eigenvalue weighted by atomic mass is 9.97. The molecule has 1 N–H and O–H groups in total. The van der Waals surface area contributed by atoms with Crippen LogP contribution in [0, 0.1) is 12.8 Å². The Morgan fingerprint density at radius 1 is 1.53 bits per heavy atom. The third kappa shape index (κ3) is 3.24. The van der Waals surface area contributed by atoms with Crippen molar-refractivity contribution in [3.63, 3.8) is 0 Å². The number of carboxylic acids is 1. The van der Waals surface area contributed by atoms with Crippen molar-refractivity contribution in [3.05, 3.63) is 48.0 Å². The maximum Gasteiger partial charge on any atom is 0.310 e. The lowest BCUT2D eigenvalue weighted by molar-refractivity contribution is -0.140. The second-order valence-electron chi connectivity index (χ2n) is 3.65. The third-order valence-corrected chi connectivity index (χ3v) is 2.59. The van der Waals surface area contributed by atoms with E-state index in [2.05, 4.69) is 6.58 Å². The van der Waals surface area contributed by atoms with E-state index in [9.17, 15) is 4.79 Å². The molecule has 0 amide bonds. The average molecular weight is 204 g/mol. The topological polar surface area (TPSA) is 37.3 Å². The largest absolute Gasteiger partial charge is 0.481 e. The Hall–Kier alpha value is -1.57. The second kappa shape index (κ2) is 5.35. The lowest BCUT2D eigenvalue weighted by Gasteiger charge is -2.08. The molecule has 0 bridgehead atoms. The van der Waals surface area contributed by atoms with Gasteiger partial charge in [0.15, 0.2) is 0 Å². The molecule has 2 nitrogen and oxygen atoms in total. The summed E-state index contributed by atoms with van der Waals surface area (Å²) in [5, 5.41) is 8.85. The van der Waals surface area contributed by atoms with Crippen LogP contribution in [0.2, 0.25) is 0 Å². The number of rotatable bonds is 5. The first kappa shape index (κ1) is 11.5. The number of aryl methyl sites for hydroxylation is 2. The van der Waals surface area contributed by atoms with Gasteiger partial charge in [0.2, 0.25) is 0 Å². The zero-order chi connectivity index (χ0) is 11.3. The fraction of sp³-hybridized carbons (Fsp3) is 0.308. The Morgan fingerprint density at radius 3 is 2.73 bits per heavy atom. The molecule has 0 aromatic heterocycles. The van der Waals surface area contributed by atoms with Crippen LogP contribution in [-0.2, 0) is 11.2 Å². The van der Waals surface area contributed by atoms with Crippen LogP contribution >= 0.6 is 0 Å². The minimum absolute atomic E-state index is 0.440. The molecule has 80 valence electrons. The first-order valence-electron chi connectivity index (χ1n) is 5.05. The molecule has 1 aromatic rings. The summed E-state index contributed by atoms with van der Waals surface area (Å²) < 4.78 is 0. The van der Waals surface area contributed by atoms with E-state index in [1.165, 1.54) is 17.2 Å². The zero-order valence-corrected chi connectivity index (χ0v) is 8.94. The summed E-state index contributed by atoms with van der Waals surface area (Å²) in [6.07, 6.45) is 2.90. The van der Waals surface area contributed by atoms with Gasteiger partial charge < -0.3 is 5.11 Å². The molecule has 1 aromatic carbocycles. The number of hydrogen-bond acceptors (Lipinski definition) is 1. The van der Waals surface area contributed by atoms with Gasteiger partial charge in [0.1, 0.15) is 0 Å². The molecule has 0 aliphatic rings. The van der Waals surface area contributed by atoms with Crippen LogP contribution in [0.25, 0.3) is 0 Å². The van der Waals surface area contributed by atoms with E-state index >= 15 is 0 Å². The fourth-order valence-electron chi connectivity index (χ4n) is 1.54. The van der Waals surface area contributed by atoms with Crippen molar-refractivity contribution in [1.82, 2.24) is 0 Å². The highest BCUT2D eigenvalue weighted by Crippen LogP contribution is 2.14. The summed E-state index contributed by atoms with van der Waals surface area (Å²) in [6, 6.07) is 8.05. The Labute approximate surface area is 90.3 Å². The summed E-state index contributed by atoms with van der Waals surface area (Å²) in [5.74, 6) is -1.23. The van der Waals surface area contributed by atoms with Gasteiger partial charge in [0.05, 0.1) is 5.92 Å². The number of benzene rings is 1. The van der Waals surface area contributed by atoms with Crippen LogP contribution in [0.5, 0.6) is 0 Å². The third-order valence-electron chi connectivity index (χ3n) is 2.59. The van der Waals surface area contributed by atoms with Crippen molar-refractivity contribution in [3.8, 4) is 0 Å². The van der Waals surface area contributed by atoms with Crippen LogP contribution in [0.4, 0.5) is 0 Å². The molecule has 1 atom stereocenters. The van der Waals surface area contributed by atoms with Crippen LogP contribution in [-0.4, -0.2) is 11.1 Å². The van der Waals surface area contributed by atoms with Crippen LogP contribution in [0.15, 0.2) is 36.9 Å². The molecule has 0 radical (unpaired) electrons. The van der Waals surface area contributed by atoms with Gasteiger partial charge in [0.25, 0.3) is 0 Å². The molecule has 1 rings (SSSR count). The summed E-state index contributed by atoms with van der Waals surface area (Å²) in [5.41, 5.74) is 2.43. The molecule has 0 aliphatic carbocycles. The Kier molecular flexibility index (Phi) is 4.10. The molecule has 0 spiro atoms. The molecule has 2 heteroatoms. The first-order chi connectivity index (χ1) is 7.15. The molecule has 0 aliphatic heterocycles. The highest BCUT2D eigenvalue weighted by molar-refractivity contribution is 5.71. The maximum atomic E-state index is 10.8.